The minimum absolute atomic E-state index is 0.132. The van der Waals surface area contributed by atoms with E-state index in [1.807, 2.05) is 27.7 Å². The monoisotopic (exact) mass is 370 g/mol. The average Bonchev–Trinajstić information content (AvgIpc) is 2.57. The average molecular weight is 371 g/mol. The molecule has 0 bridgehead atoms. The van der Waals surface area contributed by atoms with E-state index in [0.717, 1.165) is 12.8 Å². The van der Waals surface area contributed by atoms with Crippen molar-refractivity contribution in [2.75, 3.05) is 13.2 Å². The zero-order chi connectivity index (χ0) is 18.9. The highest BCUT2D eigenvalue weighted by Gasteiger charge is 2.17. The predicted molar refractivity (Wildman–Crippen MR) is 99.2 cm³/mol. The molecule has 1 rings (SSSR count). The van der Waals surface area contributed by atoms with Crippen molar-refractivity contribution in [3.05, 3.63) is 29.8 Å². The van der Waals surface area contributed by atoms with Crippen molar-refractivity contribution in [1.29, 1.82) is 0 Å². The van der Waals surface area contributed by atoms with E-state index in [2.05, 4.69) is 10.0 Å². The number of hydrogen-bond acceptors (Lipinski definition) is 4. The molecule has 2 N–H and O–H groups in total. The van der Waals surface area contributed by atoms with Gasteiger partial charge in [-0.1, -0.05) is 6.92 Å². The van der Waals surface area contributed by atoms with Crippen LogP contribution in [0.3, 0.4) is 0 Å². The third-order valence-electron chi connectivity index (χ3n) is 3.70. The SMILES string of the molecule is CCC(C)NS(=O)(=O)c1ccc(C(=O)NCCCCOC(C)C)cc1. The number of sulfonamides is 1. The van der Waals surface area contributed by atoms with E-state index in [1.54, 1.807) is 0 Å². The van der Waals surface area contributed by atoms with Gasteiger partial charge in [-0.15, -0.1) is 0 Å². The van der Waals surface area contributed by atoms with Crippen molar-refractivity contribution in [3.63, 3.8) is 0 Å². The lowest BCUT2D eigenvalue weighted by Crippen LogP contribution is -2.32. The highest BCUT2D eigenvalue weighted by molar-refractivity contribution is 7.89. The molecule has 0 saturated heterocycles. The van der Waals surface area contributed by atoms with Crippen molar-refractivity contribution >= 4 is 15.9 Å². The Morgan fingerprint density at radius 1 is 1.12 bits per heavy atom. The molecule has 0 aliphatic heterocycles. The van der Waals surface area contributed by atoms with E-state index < -0.39 is 10.0 Å². The quantitative estimate of drug-likeness (QED) is 0.587. The smallest absolute Gasteiger partial charge is 0.251 e. The molecule has 0 saturated carbocycles. The largest absolute Gasteiger partial charge is 0.379 e. The highest BCUT2D eigenvalue weighted by Crippen LogP contribution is 2.11. The Labute approximate surface area is 151 Å². The highest BCUT2D eigenvalue weighted by atomic mass is 32.2. The van der Waals surface area contributed by atoms with Gasteiger partial charge in [-0.25, -0.2) is 13.1 Å². The van der Waals surface area contributed by atoms with Gasteiger partial charge in [-0.3, -0.25) is 4.79 Å². The molecule has 7 heteroatoms. The summed E-state index contributed by atoms with van der Waals surface area (Å²) in [6, 6.07) is 5.84. The molecule has 1 unspecified atom stereocenters. The molecule has 1 aromatic carbocycles. The van der Waals surface area contributed by atoms with Gasteiger partial charge in [-0.05, 0) is 64.3 Å². The number of hydrogen-bond donors (Lipinski definition) is 2. The molecule has 0 spiro atoms. The standard InChI is InChI=1S/C18H30N2O4S/c1-5-15(4)20-25(22,23)17-10-8-16(9-11-17)18(21)19-12-6-7-13-24-14(2)3/h8-11,14-15,20H,5-7,12-13H2,1-4H3,(H,19,21). The third kappa shape index (κ3) is 7.98. The van der Waals surface area contributed by atoms with Gasteiger partial charge >= 0.3 is 0 Å². The third-order valence-corrected chi connectivity index (χ3v) is 5.31. The Bertz CT molecular complexity index is 627. The van der Waals surface area contributed by atoms with Gasteiger partial charge in [0.1, 0.15) is 0 Å². The summed E-state index contributed by atoms with van der Waals surface area (Å²) in [4.78, 5) is 12.2. The number of amides is 1. The van der Waals surface area contributed by atoms with Crippen LogP contribution >= 0.6 is 0 Å². The number of ether oxygens (including phenoxy) is 1. The predicted octanol–water partition coefficient (Wildman–Crippen LogP) is 2.70. The molecule has 142 valence electrons. The molecular weight excluding hydrogens is 340 g/mol. The van der Waals surface area contributed by atoms with Crippen molar-refractivity contribution in [2.24, 2.45) is 0 Å². The lowest BCUT2D eigenvalue weighted by atomic mass is 10.2. The van der Waals surface area contributed by atoms with Crippen LogP contribution in [-0.2, 0) is 14.8 Å². The van der Waals surface area contributed by atoms with Gasteiger partial charge in [0.05, 0.1) is 11.0 Å². The molecule has 0 aromatic heterocycles. The fourth-order valence-corrected chi connectivity index (χ4v) is 3.38. The van der Waals surface area contributed by atoms with Gasteiger partial charge in [0.2, 0.25) is 10.0 Å². The summed E-state index contributed by atoms with van der Waals surface area (Å²) in [7, 11) is -3.54. The Kier molecular flexibility index (Phi) is 9.10. The van der Waals surface area contributed by atoms with Crippen LogP contribution in [0.15, 0.2) is 29.2 Å². The van der Waals surface area contributed by atoms with E-state index in [-0.39, 0.29) is 22.9 Å². The van der Waals surface area contributed by atoms with Crippen LogP contribution in [0, 0.1) is 0 Å². The molecule has 25 heavy (non-hydrogen) atoms. The lowest BCUT2D eigenvalue weighted by molar-refractivity contribution is 0.0754. The van der Waals surface area contributed by atoms with Crippen molar-refractivity contribution < 1.29 is 17.9 Å². The first-order chi connectivity index (χ1) is 11.8. The zero-order valence-corrected chi connectivity index (χ0v) is 16.4. The minimum Gasteiger partial charge on any atom is -0.379 e. The molecule has 1 amide bonds. The first kappa shape index (κ1) is 21.6. The van der Waals surface area contributed by atoms with Crippen LogP contribution in [0.1, 0.15) is 57.3 Å². The molecule has 0 heterocycles. The summed E-state index contributed by atoms with van der Waals surface area (Å²) in [5.41, 5.74) is 0.445. The number of unbranched alkanes of at least 4 members (excludes halogenated alkanes) is 1. The molecule has 0 aliphatic carbocycles. The van der Waals surface area contributed by atoms with Gasteiger partial charge in [-0.2, -0.15) is 0 Å². The summed E-state index contributed by atoms with van der Waals surface area (Å²) in [5.74, 6) is -0.205. The first-order valence-electron chi connectivity index (χ1n) is 8.78. The second-order valence-electron chi connectivity index (χ2n) is 6.34. The molecule has 6 nitrogen and oxygen atoms in total. The lowest BCUT2D eigenvalue weighted by Gasteiger charge is -2.12. The summed E-state index contributed by atoms with van der Waals surface area (Å²) < 4.78 is 32.4. The molecule has 1 atom stereocenters. The molecule has 0 radical (unpaired) electrons. The second-order valence-corrected chi connectivity index (χ2v) is 8.05. The van der Waals surface area contributed by atoms with E-state index >= 15 is 0 Å². The molecular formula is C18H30N2O4S. The number of nitrogens with one attached hydrogen (secondary N) is 2. The van der Waals surface area contributed by atoms with Crippen LogP contribution in [0.4, 0.5) is 0 Å². The second kappa shape index (κ2) is 10.5. The van der Waals surface area contributed by atoms with Gasteiger partial charge in [0.15, 0.2) is 0 Å². The number of rotatable bonds is 11. The fourth-order valence-electron chi connectivity index (χ4n) is 2.05. The topological polar surface area (TPSA) is 84.5 Å². The first-order valence-corrected chi connectivity index (χ1v) is 10.3. The summed E-state index contributed by atoms with van der Waals surface area (Å²) >= 11 is 0. The van der Waals surface area contributed by atoms with Crippen LogP contribution in [0.5, 0.6) is 0 Å². The van der Waals surface area contributed by atoms with Crippen LogP contribution in [-0.4, -0.2) is 39.6 Å². The fraction of sp³-hybridized carbons (Fsp3) is 0.611. The van der Waals surface area contributed by atoms with Crippen LogP contribution < -0.4 is 10.0 Å². The van der Waals surface area contributed by atoms with E-state index in [0.29, 0.717) is 25.1 Å². The van der Waals surface area contributed by atoms with E-state index in [1.165, 1.54) is 24.3 Å². The Morgan fingerprint density at radius 2 is 1.76 bits per heavy atom. The Morgan fingerprint density at radius 3 is 2.32 bits per heavy atom. The maximum atomic E-state index is 12.2. The van der Waals surface area contributed by atoms with Crippen molar-refractivity contribution in [3.8, 4) is 0 Å². The van der Waals surface area contributed by atoms with Crippen molar-refractivity contribution in [1.82, 2.24) is 10.0 Å². The zero-order valence-electron chi connectivity index (χ0n) is 15.5. The number of carbonyl (C=O) groups excluding carboxylic acids is 1. The van der Waals surface area contributed by atoms with E-state index in [4.69, 9.17) is 4.74 Å². The number of carbonyl (C=O) groups is 1. The molecule has 0 fully saturated rings. The van der Waals surface area contributed by atoms with Gasteiger partial charge in [0.25, 0.3) is 5.91 Å². The number of benzene rings is 1. The maximum absolute atomic E-state index is 12.2. The Hall–Kier alpha value is -1.44. The molecule has 0 aliphatic rings. The van der Waals surface area contributed by atoms with E-state index in [9.17, 15) is 13.2 Å². The molecule has 1 aromatic rings. The summed E-state index contributed by atoms with van der Waals surface area (Å²) in [5, 5.41) is 2.83. The minimum atomic E-state index is -3.54. The van der Waals surface area contributed by atoms with Gasteiger partial charge < -0.3 is 10.1 Å². The van der Waals surface area contributed by atoms with Crippen LogP contribution in [0.25, 0.3) is 0 Å². The van der Waals surface area contributed by atoms with Gasteiger partial charge in [0, 0.05) is 24.8 Å². The Balaban J connectivity index is 2.49. The summed E-state index contributed by atoms with van der Waals surface area (Å²) in [6.45, 7) is 8.95. The maximum Gasteiger partial charge on any atom is 0.251 e. The van der Waals surface area contributed by atoms with Crippen molar-refractivity contribution in [2.45, 2.75) is 64.0 Å². The van der Waals surface area contributed by atoms with Crippen LogP contribution in [0.2, 0.25) is 0 Å². The summed E-state index contributed by atoms with van der Waals surface area (Å²) in [6.07, 6.45) is 2.65. The normalized spacial score (nSPS) is 13.0.